The number of hydrogen-bond donors (Lipinski definition) is 1. The average Bonchev–Trinajstić information content (AvgIpc) is 3.25. The molecule has 2 aromatic carbocycles. The Morgan fingerprint density at radius 1 is 1.14 bits per heavy atom. The first kappa shape index (κ1) is 25.7. The largest absolute Gasteiger partial charge is 0.356 e. The van der Waals surface area contributed by atoms with Gasteiger partial charge in [-0.05, 0) is 56.0 Å². The number of carbonyl (C=O) groups is 1. The van der Waals surface area contributed by atoms with Crippen LogP contribution in [0.2, 0.25) is 0 Å². The second kappa shape index (κ2) is 11.1. The molecule has 1 aliphatic rings. The first-order chi connectivity index (χ1) is 17.3. The number of rotatable bonds is 8. The zero-order valence-corrected chi connectivity index (χ0v) is 20.6. The Bertz CT molecular complexity index is 1350. The summed E-state index contributed by atoms with van der Waals surface area (Å²) >= 11 is 0. The molecule has 0 radical (unpaired) electrons. The molecule has 1 N–H and O–H groups in total. The summed E-state index contributed by atoms with van der Waals surface area (Å²) in [5.74, 6) is -1.88. The van der Waals surface area contributed by atoms with E-state index in [4.69, 9.17) is 4.52 Å². The maximum atomic E-state index is 14.0. The topological polar surface area (TPSA) is 92.5 Å². The average molecular weight is 516 g/mol. The normalized spacial score (nSPS) is 15.4. The van der Waals surface area contributed by atoms with E-state index in [-0.39, 0.29) is 46.8 Å². The maximum Gasteiger partial charge on any atom is 0.248 e. The number of hydrogen-bond acceptors (Lipinski definition) is 5. The van der Waals surface area contributed by atoms with E-state index >= 15 is 0 Å². The first-order valence-corrected chi connectivity index (χ1v) is 13.1. The number of nitrogens with one attached hydrogen (secondary N) is 1. The van der Waals surface area contributed by atoms with Crippen LogP contribution in [0.4, 0.5) is 8.78 Å². The lowest BCUT2D eigenvalue weighted by Gasteiger charge is -2.30. The molecular weight excluding hydrogens is 488 g/mol. The van der Waals surface area contributed by atoms with Crippen molar-refractivity contribution in [3.8, 4) is 0 Å². The molecule has 1 aliphatic heterocycles. The summed E-state index contributed by atoms with van der Waals surface area (Å²) in [5, 5.41) is 6.72. The van der Waals surface area contributed by atoms with Gasteiger partial charge in [-0.1, -0.05) is 35.5 Å². The molecule has 0 bridgehead atoms. The molecule has 1 saturated heterocycles. The first-order valence-electron chi connectivity index (χ1n) is 11.7. The predicted molar refractivity (Wildman–Crippen MR) is 131 cm³/mol. The summed E-state index contributed by atoms with van der Waals surface area (Å²) in [6.07, 6.45) is 4.12. The third kappa shape index (κ3) is 5.88. The smallest absolute Gasteiger partial charge is 0.248 e. The van der Waals surface area contributed by atoms with E-state index in [1.165, 1.54) is 29.4 Å². The number of aryl methyl sites for hydroxylation is 1. The Kier molecular flexibility index (Phi) is 7.95. The molecule has 0 atom stereocenters. The minimum Gasteiger partial charge on any atom is -0.356 e. The van der Waals surface area contributed by atoms with Crippen LogP contribution in [0.1, 0.15) is 35.4 Å². The van der Waals surface area contributed by atoms with Crippen LogP contribution in [0.5, 0.6) is 0 Å². The van der Waals surface area contributed by atoms with Crippen LogP contribution in [-0.4, -0.2) is 43.4 Å². The predicted octanol–water partition coefficient (Wildman–Crippen LogP) is 4.19. The number of piperidine rings is 1. The molecule has 7 nitrogen and oxygen atoms in total. The van der Waals surface area contributed by atoms with Crippen molar-refractivity contribution in [2.24, 2.45) is 5.92 Å². The van der Waals surface area contributed by atoms with Gasteiger partial charge in [0.05, 0.1) is 0 Å². The Morgan fingerprint density at radius 2 is 1.86 bits per heavy atom. The van der Waals surface area contributed by atoms with E-state index in [0.717, 1.165) is 24.1 Å². The van der Waals surface area contributed by atoms with Crippen molar-refractivity contribution in [1.82, 2.24) is 14.8 Å². The quantitative estimate of drug-likeness (QED) is 0.486. The Labute approximate surface area is 208 Å². The number of benzene rings is 2. The molecule has 3 aromatic rings. The Morgan fingerprint density at radius 3 is 2.56 bits per heavy atom. The molecule has 190 valence electrons. The van der Waals surface area contributed by atoms with Crippen LogP contribution < -0.4 is 5.32 Å². The monoisotopic (exact) mass is 515 g/mol. The van der Waals surface area contributed by atoms with Crippen LogP contribution >= 0.6 is 0 Å². The van der Waals surface area contributed by atoms with E-state index < -0.39 is 21.7 Å². The molecule has 1 amide bonds. The summed E-state index contributed by atoms with van der Waals surface area (Å²) in [5.41, 5.74) is 1.39. The lowest BCUT2D eigenvalue weighted by Crippen LogP contribution is -2.43. The summed E-state index contributed by atoms with van der Waals surface area (Å²) in [6.45, 7) is 2.39. The zero-order chi connectivity index (χ0) is 25.7. The molecule has 4 rings (SSSR count). The second-order valence-electron chi connectivity index (χ2n) is 8.67. The van der Waals surface area contributed by atoms with Crippen molar-refractivity contribution < 1.29 is 26.5 Å². The summed E-state index contributed by atoms with van der Waals surface area (Å²) in [4.78, 5) is 12.5. The van der Waals surface area contributed by atoms with Gasteiger partial charge in [0.25, 0.3) is 0 Å². The van der Waals surface area contributed by atoms with Crippen LogP contribution in [0.15, 0.2) is 57.9 Å². The van der Waals surface area contributed by atoms with Crippen molar-refractivity contribution in [3.05, 3.63) is 82.7 Å². The van der Waals surface area contributed by atoms with Crippen LogP contribution in [0.25, 0.3) is 12.2 Å². The molecule has 36 heavy (non-hydrogen) atoms. The minimum atomic E-state index is -3.96. The summed E-state index contributed by atoms with van der Waals surface area (Å²) in [7, 11) is -3.96. The van der Waals surface area contributed by atoms with Gasteiger partial charge in [-0.3, -0.25) is 4.79 Å². The van der Waals surface area contributed by atoms with Gasteiger partial charge in [-0.25, -0.2) is 17.2 Å². The maximum absolute atomic E-state index is 14.0. The molecule has 0 unspecified atom stereocenters. The number of nitrogens with zero attached hydrogens (tertiary/aromatic N) is 2. The van der Waals surface area contributed by atoms with Gasteiger partial charge in [-0.15, -0.1) is 0 Å². The third-order valence-corrected chi connectivity index (χ3v) is 8.25. The van der Waals surface area contributed by atoms with E-state index in [1.807, 2.05) is 30.3 Å². The highest BCUT2D eigenvalue weighted by Crippen LogP contribution is 2.29. The molecule has 0 aliphatic carbocycles. The van der Waals surface area contributed by atoms with E-state index in [1.54, 1.807) is 0 Å². The Hall–Kier alpha value is -3.37. The highest BCUT2D eigenvalue weighted by molar-refractivity contribution is 7.89. The van der Waals surface area contributed by atoms with Crippen LogP contribution in [0, 0.1) is 24.5 Å². The fraction of sp³-hybridized carbons (Fsp3) is 0.308. The lowest BCUT2D eigenvalue weighted by atomic mass is 9.97. The van der Waals surface area contributed by atoms with Gasteiger partial charge in [-0.2, -0.15) is 4.31 Å². The molecule has 0 spiro atoms. The van der Waals surface area contributed by atoms with E-state index in [2.05, 4.69) is 10.5 Å². The fourth-order valence-corrected chi connectivity index (χ4v) is 5.93. The van der Waals surface area contributed by atoms with Crippen LogP contribution in [-0.2, 0) is 21.2 Å². The number of aromatic nitrogens is 1. The highest BCUT2D eigenvalue weighted by Gasteiger charge is 2.35. The van der Waals surface area contributed by atoms with Crippen LogP contribution in [0.3, 0.4) is 0 Å². The van der Waals surface area contributed by atoms with E-state index in [0.29, 0.717) is 19.4 Å². The molecule has 1 aromatic heterocycles. The fourth-order valence-electron chi connectivity index (χ4n) is 4.21. The lowest BCUT2D eigenvalue weighted by molar-refractivity contribution is -0.126. The van der Waals surface area contributed by atoms with Gasteiger partial charge >= 0.3 is 0 Å². The third-order valence-electron chi connectivity index (χ3n) is 6.19. The van der Waals surface area contributed by atoms with Gasteiger partial charge in [0, 0.05) is 37.2 Å². The Balaban J connectivity index is 1.38. The highest BCUT2D eigenvalue weighted by atomic mass is 32.2. The van der Waals surface area contributed by atoms with E-state index in [9.17, 15) is 22.0 Å². The van der Waals surface area contributed by atoms with Gasteiger partial charge in [0.2, 0.25) is 15.9 Å². The molecule has 10 heteroatoms. The SMILES string of the molecule is Cc1noc(/C=C/c2ccc(F)cc2F)c1S(=O)(=O)N1CCC(C(=O)NCCc2ccccc2)CC1. The minimum absolute atomic E-state index is 0.0444. The molecular formula is C26H27F2N3O4S. The summed E-state index contributed by atoms with van der Waals surface area (Å²) < 4.78 is 60.4. The van der Waals surface area contributed by atoms with Crippen molar-refractivity contribution >= 4 is 28.1 Å². The van der Waals surface area contributed by atoms with Crippen molar-refractivity contribution in [1.29, 1.82) is 0 Å². The molecule has 0 saturated carbocycles. The number of amides is 1. The second-order valence-corrected chi connectivity index (χ2v) is 10.5. The number of sulfonamides is 1. The number of halogens is 2. The van der Waals surface area contributed by atoms with Crippen molar-refractivity contribution in [2.45, 2.75) is 31.1 Å². The summed E-state index contributed by atoms with van der Waals surface area (Å²) in [6, 6.07) is 12.9. The zero-order valence-electron chi connectivity index (χ0n) is 19.8. The molecule has 2 heterocycles. The van der Waals surface area contributed by atoms with Crippen molar-refractivity contribution in [2.75, 3.05) is 19.6 Å². The van der Waals surface area contributed by atoms with Crippen molar-refractivity contribution in [3.63, 3.8) is 0 Å². The van der Waals surface area contributed by atoms with Gasteiger partial charge in [0.1, 0.15) is 17.3 Å². The standard InChI is InChI=1S/C26H27F2N3O4S/c1-18-25(24(35-30-18)10-8-20-7-9-22(27)17-23(20)28)36(33,34)31-15-12-21(13-16-31)26(32)29-14-11-19-5-3-2-4-6-19/h2-10,17,21H,11-16H2,1H3,(H,29,32)/b10-8+. The number of carbonyl (C=O) groups excluding carboxylic acids is 1. The van der Waals surface area contributed by atoms with Gasteiger partial charge < -0.3 is 9.84 Å². The van der Waals surface area contributed by atoms with Gasteiger partial charge in [0.15, 0.2) is 10.7 Å². The molecule has 1 fully saturated rings.